The number of aliphatic hydroxyl groups is 1. The van der Waals surface area contributed by atoms with Crippen LogP contribution >= 0.6 is 11.6 Å². The summed E-state index contributed by atoms with van der Waals surface area (Å²) in [7, 11) is 0. The lowest BCUT2D eigenvalue weighted by atomic mass is 10.1. The second-order valence-corrected chi connectivity index (χ2v) is 5.75. The second kappa shape index (κ2) is 6.56. The lowest BCUT2D eigenvalue weighted by Crippen LogP contribution is -2.39. The van der Waals surface area contributed by atoms with Gasteiger partial charge in [0.05, 0.1) is 6.10 Å². The predicted octanol–water partition coefficient (Wildman–Crippen LogP) is 2.63. The SMILES string of the molecule is O=C(NCC(O)c1ccccc1Cl)C1Cc2cc(F)ccc2O1. The Morgan fingerprint density at radius 3 is 2.96 bits per heavy atom. The molecule has 1 aliphatic heterocycles. The zero-order valence-electron chi connectivity index (χ0n) is 12.1. The van der Waals surface area contributed by atoms with Crippen LogP contribution in [-0.4, -0.2) is 23.7 Å². The summed E-state index contributed by atoms with van der Waals surface area (Å²) < 4.78 is 18.7. The van der Waals surface area contributed by atoms with Crippen LogP contribution in [0.3, 0.4) is 0 Å². The molecule has 2 N–H and O–H groups in total. The number of benzene rings is 2. The first-order valence-corrected chi connectivity index (χ1v) is 7.57. The molecule has 2 atom stereocenters. The van der Waals surface area contributed by atoms with Crippen molar-refractivity contribution in [3.63, 3.8) is 0 Å². The van der Waals surface area contributed by atoms with Crippen LogP contribution in [0.25, 0.3) is 0 Å². The van der Waals surface area contributed by atoms with Crippen molar-refractivity contribution in [2.75, 3.05) is 6.54 Å². The molecule has 0 saturated heterocycles. The highest BCUT2D eigenvalue weighted by Crippen LogP contribution is 2.29. The molecular formula is C17H15ClFNO3. The molecule has 2 unspecified atom stereocenters. The molecule has 0 aromatic heterocycles. The van der Waals surface area contributed by atoms with E-state index in [2.05, 4.69) is 5.32 Å². The van der Waals surface area contributed by atoms with Gasteiger partial charge in [0.2, 0.25) is 0 Å². The third-order valence-corrected chi connectivity index (χ3v) is 4.07. The van der Waals surface area contributed by atoms with E-state index in [0.29, 0.717) is 28.3 Å². The number of hydrogen-bond acceptors (Lipinski definition) is 3. The molecule has 2 aromatic carbocycles. The molecule has 0 saturated carbocycles. The summed E-state index contributed by atoms with van der Waals surface area (Å²) in [6.45, 7) is 0.0210. The van der Waals surface area contributed by atoms with E-state index in [4.69, 9.17) is 16.3 Å². The zero-order chi connectivity index (χ0) is 16.4. The van der Waals surface area contributed by atoms with Crippen LogP contribution in [0.5, 0.6) is 5.75 Å². The van der Waals surface area contributed by atoms with Gasteiger partial charge in [-0.05, 0) is 24.3 Å². The van der Waals surface area contributed by atoms with E-state index in [0.717, 1.165) is 0 Å². The second-order valence-electron chi connectivity index (χ2n) is 5.35. The van der Waals surface area contributed by atoms with Crippen molar-refractivity contribution in [3.05, 3.63) is 64.4 Å². The number of rotatable bonds is 4. The van der Waals surface area contributed by atoms with E-state index >= 15 is 0 Å². The quantitative estimate of drug-likeness (QED) is 0.903. The van der Waals surface area contributed by atoms with Crippen molar-refractivity contribution in [1.82, 2.24) is 5.32 Å². The average molecular weight is 336 g/mol. The van der Waals surface area contributed by atoms with Gasteiger partial charge in [-0.25, -0.2) is 4.39 Å². The van der Waals surface area contributed by atoms with Gasteiger partial charge in [0.1, 0.15) is 11.6 Å². The van der Waals surface area contributed by atoms with Gasteiger partial charge in [-0.15, -0.1) is 0 Å². The Bertz CT molecular complexity index is 738. The summed E-state index contributed by atoms with van der Waals surface area (Å²) >= 11 is 6.00. The third kappa shape index (κ3) is 3.46. The highest BCUT2D eigenvalue weighted by atomic mass is 35.5. The molecule has 23 heavy (non-hydrogen) atoms. The monoisotopic (exact) mass is 335 g/mol. The van der Waals surface area contributed by atoms with E-state index in [1.54, 1.807) is 24.3 Å². The zero-order valence-corrected chi connectivity index (χ0v) is 12.9. The number of carbonyl (C=O) groups is 1. The van der Waals surface area contributed by atoms with Gasteiger partial charge in [-0.2, -0.15) is 0 Å². The van der Waals surface area contributed by atoms with Crippen LogP contribution in [-0.2, 0) is 11.2 Å². The van der Waals surface area contributed by atoms with Crippen molar-refractivity contribution in [2.24, 2.45) is 0 Å². The lowest BCUT2D eigenvalue weighted by molar-refractivity contribution is -0.127. The Labute approximate surface area is 137 Å². The fraction of sp³-hybridized carbons (Fsp3) is 0.235. The molecule has 6 heteroatoms. The molecule has 1 amide bonds. The van der Waals surface area contributed by atoms with Gasteiger partial charge >= 0.3 is 0 Å². The topological polar surface area (TPSA) is 58.6 Å². The average Bonchev–Trinajstić information content (AvgIpc) is 2.95. The van der Waals surface area contributed by atoms with E-state index in [1.807, 2.05) is 0 Å². The molecule has 0 spiro atoms. The largest absolute Gasteiger partial charge is 0.480 e. The maximum atomic E-state index is 13.2. The first-order valence-electron chi connectivity index (χ1n) is 7.20. The van der Waals surface area contributed by atoms with Crippen LogP contribution in [0.4, 0.5) is 4.39 Å². The molecule has 3 rings (SSSR count). The van der Waals surface area contributed by atoms with Crippen molar-refractivity contribution < 1.29 is 19.0 Å². The highest BCUT2D eigenvalue weighted by Gasteiger charge is 2.29. The minimum Gasteiger partial charge on any atom is -0.480 e. The molecule has 0 aliphatic carbocycles. The maximum absolute atomic E-state index is 13.2. The molecule has 4 nitrogen and oxygen atoms in total. The summed E-state index contributed by atoms with van der Waals surface area (Å²) in [6.07, 6.45) is -1.32. The van der Waals surface area contributed by atoms with E-state index in [1.165, 1.54) is 18.2 Å². The Kier molecular flexibility index (Phi) is 4.50. The summed E-state index contributed by atoms with van der Waals surface area (Å²) in [5.74, 6) is -0.200. The lowest BCUT2D eigenvalue weighted by Gasteiger charge is -2.16. The Hall–Kier alpha value is -2.11. The minimum absolute atomic E-state index is 0.0210. The third-order valence-electron chi connectivity index (χ3n) is 3.72. The van der Waals surface area contributed by atoms with E-state index < -0.39 is 12.2 Å². The van der Waals surface area contributed by atoms with Crippen LogP contribution in [0.2, 0.25) is 5.02 Å². The van der Waals surface area contributed by atoms with Crippen molar-refractivity contribution in [3.8, 4) is 5.75 Å². The summed E-state index contributed by atoms with van der Waals surface area (Å²) in [5.41, 5.74) is 1.21. The van der Waals surface area contributed by atoms with Gasteiger partial charge in [-0.3, -0.25) is 4.79 Å². The van der Waals surface area contributed by atoms with E-state index in [9.17, 15) is 14.3 Å². The van der Waals surface area contributed by atoms with Gasteiger partial charge in [0.25, 0.3) is 5.91 Å². The molecule has 2 aromatic rings. The Morgan fingerprint density at radius 2 is 2.17 bits per heavy atom. The first-order chi connectivity index (χ1) is 11.0. The fourth-order valence-corrected chi connectivity index (χ4v) is 2.79. The predicted molar refractivity (Wildman–Crippen MR) is 83.9 cm³/mol. The molecule has 0 fully saturated rings. The first kappa shape index (κ1) is 15.8. The molecule has 120 valence electrons. The number of aliphatic hydroxyl groups excluding tert-OH is 1. The summed E-state index contributed by atoms with van der Waals surface area (Å²) in [6, 6.07) is 11.1. The van der Waals surface area contributed by atoms with Crippen LogP contribution in [0.15, 0.2) is 42.5 Å². The molecular weight excluding hydrogens is 321 g/mol. The number of hydrogen-bond donors (Lipinski definition) is 2. The summed E-state index contributed by atoms with van der Waals surface area (Å²) in [4.78, 5) is 12.1. The molecule has 1 aliphatic rings. The smallest absolute Gasteiger partial charge is 0.261 e. The Morgan fingerprint density at radius 1 is 1.39 bits per heavy atom. The molecule has 0 radical (unpaired) electrons. The number of amides is 1. The number of fused-ring (bicyclic) bond motifs is 1. The van der Waals surface area contributed by atoms with Crippen LogP contribution in [0.1, 0.15) is 17.2 Å². The van der Waals surface area contributed by atoms with Crippen molar-refractivity contribution in [2.45, 2.75) is 18.6 Å². The number of ether oxygens (including phenoxy) is 1. The molecule has 0 bridgehead atoms. The number of carbonyl (C=O) groups excluding carboxylic acids is 1. The van der Waals surface area contributed by atoms with Gasteiger partial charge in [0.15, 0.2) is 6.10 Å². The number of nitrogens with one attached hydrogen (secondary N) is 1. The highest BCUT2D eigenvalue weighted by molar-refractivity contribution is 6.31. The van der Waals surface area contributed by atoms with Gasteiger partial charge in [-0.1, -0.05) is 29.8 Å². The van der Waals surface area contributed by atoms with Gasteiger partial charge in [0, 0.05) is 29.1 Å². The van der Waals surface area contributed by atoms with E-state index in [-0.39, 0.29) is 18.3 Å². The minimum atomic E-state index is -0.908. The van der Waals surface area contributed by atoms with Gasteiger partial charge < -0.3 is 15.2 Å². The number of halogens is 2. The van der Waals surface area contributed by atoms with Crippen molar-refractivity contribution >= 4 is 17.5 Å². The standard InChI is InChI=1S/C17H15ClFNO3/c18-13-4-2-1-3-12(13)14(21)9-20-17(22)16-8-10-7-11(19)5-6-15(10)23-16/h1-7,14,16,21H,8-9H2,(H,20,22). The maximum Gasteiger partial charge on any atom is 0.261 e. The normalized spacial score (nSPS) is 17.3. The van der Waals surface area contributed by atoms with Crippen LogP contribution in [0, 0.1) is 5.82 Å². The fourth-order valence-electron chi connectivity index (χ4n) is 2.53. The van der Waals surface area contributed by atoms with Crippen LogP contribution < -0.4 is 10.1 Å². The Balaban J connectivity index is 1.58. The summed E-state index contributed by atoms with van der Waals surface area (Å²) in [5, 5.41) is 13.2. The van der Waals surface area contributed by atoms with Crippen molar-refractivity contribution in [1.29, 1.82) is 0 Å². The molecule has 1 heterocycles.